The van der Waals surface area contributed by atoms with Gasteiger partial charge in [0, 0.05) is 25.9 Å². The second-order valence-electron chi connectivity index (χ2n) is 4.27. The third kappa shape index (κ3) is 1.97. The Balaban J connectivity index is 2.08. The fourth-order valence-electron chi connectivity index (χ4n) is 2.37. The number of hydroxylamine groups is 2. The summed E-state index contributed by atoms with van der Waals surface area (Å²) in [6, 6.07) is -0.365. The Bertz CT molecular complexity index is 307. The topological polar surface area (TPSA) is 70.1 Å². The summed E-state index contributed by atoms with van der Waals surface area (Å²) in [5.41, 5.74) is 0. The molecule has 0 bridgehead atoms. The molecule has 90 valence electrons. The van der Waals surface area contributed by atoms with Gasteiger partial charge in [-0.1, -0.05) is 0 Å². The van der Waals surface area contributed by atoms with Crippen molar-refractivity contribution in [2.45, 2.75) is 44.9 Å². The zero-order valence-corrected chi connectivity index (χ0v) is 9.26. The van der Waals surface area contributed by atoms with Gasteiger partial charge in [0.1, 0.15) is 0 Å². The van der Waals surface area contributed by atoms with Crippen molar-refractivity contribution >= 4 is 12.0 Å². The number of nitrogens with zero attached hydrogens (tertiary/aromatic N) is 2. The van der Waals surface area contributed by atoms with Crippen LogP contribution in [0.5, 0.6) is 0 Å². The summed E-state index contributed by atoms with van der Waals surface area (Å²) >= 11 is 0. The van der Waals surface area contributed by atoms with Crippen molar-refractivity contribution in [2.24, 2.45) is 0 Å². The predicted molar refractivity (Wildman–Crippen MR) is 53.5 cm³/mol. The molecule has 2 heterocycles. The quantitative estimate of drug-likeness (QED) is 0.535. The van der Waals surface area contributed by atoms with E-state index in [-0.39, 0.29) is 6.04 Å². The van der Waals surface area contributed by atoms with Crippen LogP contribution in [0.25, 0.3) is 0 Å². The summed E-state index contributed by atoms with van der Waals surface area (Å²) in [6.07, 6.45) is 2.62. The lowest BCUT2D eigenvalue weighted by Crippen LogP contribution is -2.59. The Morgan fingerprint density at radius 2 is 2.25 bits per heavy atom. The largest absolute Gasteiger partial charge is 0.439 e. The summed E-state index contributed by atoms with van der Waals surface area (Å²) < 4.78 is 4.91. The van der Waals surface area contributed by atoms with Crippen LogP contribution in [0.2, 0.25) is 0 Å². The third-order valence-corrected chi connectivity index (χ3v) is 3.12. The molecule has 0 spiro atoms. The van der Waals surface area contributed by atoms with Gasteiger partial charge in [0.05, 0.1) is 0 Å². The number of carbonyl (C=O) groups is 2. The molecule has 0 aromatic carbocycles. The second kappa shape index (κ2) is 4.29. The van der Waals surface area contributed by atoms with Crippen LogP contribution < -0.4 is 0 Å². The summed E-state index contributed by atoms with van der Waals surface area (Å²) in [5.74, 6) is -0.485. The molecule has 0 aliphatic carbocycles. The van der Waals surface area contributed by atoms with E-state index in [4.69, 9.17) is 4.74 Å². The number of ether oxygens (including phenoxy) is 1. The lowest BCUT2D eigenvalue weighted by molar-refractivity contribution is -0.210. The van der Waals surface area contributed by atoms with Gasteiger partial charge in [-0.2, -0.15) is 5.06 Å². The summed E-state index contributed by atoms with van der Waals surface area (Å²) in [6.45, 7) is 1.94. The lowest BCUT2D eigenvalue weighted by atomic mass is 9.97. The Morgan fingerprint density at radius 3 is 2.94 bits per heavy atom. The van der Waals surface area contributed by atoms with Crippen molar-refractivity contribution in [3.63, 3.8) is 0 Å². The van der Waals surface area contributed by atoms with E-state index in [2.05, 4.69) is 0 Å². The van der Waals surface area contributed by atoms with E-state index >= 15 is 0 Å². The maximum absolute atomic E-state index is 11.8. The minimum atomic E-state index is -0.829. The standard InChI is InChI=1S/C10H16N2O4/c1-7(13)16-9-6-8-4-2-3-5-11(8)10(14)12(9)15/h8-9,15H,2-6H2,1H3. The molecule has 2 rings (SSSR count). The van der Waals surface area contributed by atoms with Gasteiger partial charge in [-0.3, -0.25) is 10.0 Å². The average Bonchev–Trinajstić information content (AvgIpc) is 2.25. The summed E-state index contributed by atoms with van der Waals surface area (Å²) in [7, 11) is 0. The first-order valence-corrected chi connectivity index (χ1v) is 5.55. The Labute approximate surface area is 93.7 Å². The van der Waals surface area contributed by atoms with Gasteiger partial charge in [0.15, 0.2) is 0 Å². The number of urea groups is 1. The SMILES string of the molecule is CC(=O)OC1CC2CCCCN2C(=O)N1O. The van der Waals surface area contributed by atoms with E-state index in [0.29, 0.717) is 18.0 Å². The number of fused-ring (bicyclic) bond motifs is 1. The molecule has 0 aromatic heterocycles. The molecule has 6 nitrogen and oxygen atoms in total. The number of amides is 2. The normalized spacial score (nSPS) is 30.0. The van der Waals surface area contributed by atoms with E-state index in [1.165, 1.54) is 6.92 Å². The lowest BCUT2D eigenvalue weighted by Gasteiger charge is -2.44. The van der Waals surface area contributed by atoms with E-state index in [1.807, 2.05) is 0 Å². The van der Waals surface area contributed by atoms with Crippen LogP contribution in [0.4, 0.5) is 4.79 Å². The van der Waals surface area contributed by atoms with E-state index in [0.717, 1.165) is 19.3 Å². The molecule has 1 N–H and O–H groups in total. The molecule has 2 aliphatic rings. The predicted octanol–water partition coefficient (Wildman–Crippen LogP) is 0.945. The van der Waals surface area contributed by atoms with Gasteiger partial charge in [-0.15, -0.1) is 0 Å². The van der Waals surface area contributed by atoms with Crippen LogP contribution >= 0.6 is 0 Å². The van der Waals surface area contributed by atoms with Crippen molar-refractivity contribution in [1.82, 2.24) is 9.96 Å². The molecule has 16 heavy (non-hydrogen) atoms. The molecule has 2 aliphatic heterocycles. The Hall–Kier alpha value is -1.30. The number of piperidine rings is 1. The van der Waals surface area contributed by atoms with E-state index < -0.39 is 18.2 Å². The van der Waals surface area contributed by atoms with Gasteiger partial charge in [0.25, 0.3) is 0 Å². The minimum absolute atomic E-state index is 0.0917. The maximum atomic E-state index is 11.8. The van der Waals surface area contributed by atoms with Crippen LogP contribution in [0, 0.1) is 0 Å². The van der Waals surface area contributed by atoms with Gasteiger partial charge in [0.2, 0.25) is 6.23 Å². The molecular formula is C10H16N2O4. The van der Waals surface area contributed by atoms with Crippen LogP contribution in [-0.2, 0) is 9.53 Å². The fraction of sp³-hybridized carbons (Fsp3) is 0.800. The third-order valence-electron chi connectivity index (χ3n) is 3.12. The number of esters is 1. The van der Waals surface area contributed by atoms with Crippen molar-refractivity contribution in [1.29, 1.82) is 0 Å². The van der Waals surface area contributed by atoms with Crippen molar-refractivity contribution < 1.29 is 19.5 Å². The highest BCUT2D eigenvalue weighted by Crippen LogP contribution is 2.28. The molecule has 2 fully saturated rings. The smallest absolute Gasteiger partial charge is 0.347 e. The van der Waals surface area contributed by atoms with Crippen LogP contribution in [0.15, 0.2) is 0 Å². The first kappa shape index (κ1) is 11.2. The highest BCUT2D eigenvalue weighted by molar-refractivity contribution is 5.75. The van der Waals surface area contributed by atoms with Crippen molar-refractivity contribution in [3.8, 4) is 0 Å². The first-order chi connectivity index (χ1) is 7.59. The van der Waals surface area contributed by atoms with Crippen LogP contribution in [0.3, 0.4) is 0 Å². The van der Waals surface area contributed by atoms with Gasteiger partial charge in [-0.05, 0) is 19.3 Å². The van der Waals surface area contributed by atoms with Gasteiger partial charge >= 0.3 is 12.0 Å². The maximum Gasteiger partial charge on any atom is 0.347 e. The molecule has 6 heteroatoms. The highest BCUT2D eigenvalue weighted by atomic mass is 16.6. The van der Waals surface area contributed by atoms with E-state index in [1.54, 1.807) is 4.90 Å². The number of rotatable bonds is 1. The molecule has 0 radical (unpaired) electrons. The van der Waals surface area contributed by atoms with Crippen molar-refractivity contribution in [2.75, 3.05) is 6.54 Å². The molecule has 0 saturated carbocycles. The average molecular weight is 228 g/mol. The molecule has 2 atom stereocenters. The van der Waals surface area contributed by atoms with Gasteiger partial charge in [-0.25, -0.2) is 4.79 Å². The summed E-state index contributed by atoms with van der Waals surface area (Å²) in [5, 5.41) is 10.1. The number of hydrogen-bond donors (Lipinski definition) is 1. The molecule has 2 amide bonds. The molecule has 2 saturated heterocycles. The zero-order valence-electron chi connectivity index (χ0n) is 9.26. The zero-order chi connectivity index (χ0) is 11.7. The fourth-order valence-corrected chi connectivity index (χ4v) is 2.37. The molecule has 2 unspecified atom stereocenters. The van der Waals surface area contributed by atoms with E-state index in [9.17, 15) is 14.8 Å². The molecular weight excluding hydrogens is 212 g/mol. The monoisotopic (exact) mass is 228 g/mol. The summed E-state index contributed by atoms with van der Waals surface area (Å²) in [4.78, 5) is 24.3. The minimum Gasteiger partial charge on any atom is -0.439 e. The Morgan fingerprint density at radius 1 is 1.50 bits per heavy atom. The highest BCUT2D eigenvalue weighted by Gasteiger charge is 2.41. The number of hydrogen-bond acceptors (Lipinski definition) is 4. The number of carbonyl (C=O) groups excluding carboxylic acids is 2. The second-order valence-corrected chi connectivity index (χ2v) is 4.27. The first-order valence-electron chi connectivity index (χ1n) is 5.55. The van der Waals surface area contributed by atoms with Crippen LogP contribution in [-0.4, -0.2) is 46.0 Å². The Kier molecular flexibility index (Phi) is 3.00. The molecule has 0 aromatic rings. The van der Waals surface area contributed by atoms with Crippen LogP contribution in [0.1, 0.15) is 32.6 Å². The van der Waals surface area contributed by atoms with Crippen molar-refractivity contribution in [3.05, 3.63) is 0 Å². The van der Waals surface area contributed by atoms with Gasteiger partial charge < -0.3 is 9.64 Å².